The largest absolute Gasteiger partial charge is 0.457 e. The zero-order chi connectivity index (χ0) is 23.0. The Morgan fingerprint density at radius 1 is 0.970 bits per heavy atom. The fourth-order valence-corrected chi connectivity index (χ4v) is 5.65. The number of nitrogens with one attached hydrogen (secondary N) is 1. The Kier molecular flexibility index (Phi) is 5.49. The van der Waals surface area contributed by atoms with E-state index in [4.69, 9.17) is 17.0 Å². The van der Waals surface area contributed by atoms with Crippen LogP contribution < -0.4 is 10.2 Å². The minimum atomic E-state index is -3.82. The molecule has 0 saturated carbocycles. The molecule has 1 N–H and O–H groups in total. The number of ether oxygens (including phenoxy) is 1. The van der Waals surface area contributed by atoms with Crippen molar-refractivity contribution >= 4 is 56.1 Å². The highest BCUT2D eigenvalue weighted by Crippen LogP contribution is 2.33. The third kappa shape index (κ3) is 4.28. The summed E-state index contributed by atoms with van der Waals surface area (Å²) in [6, 6.07) is 23.1. The van der Waals surface area contributed by atoms with Gasteiger partial charge >= 0.3 is 0 Å². The molecule has 1 fully saturated rings. The molecule has 164 valence electrons. The molecule has 0 unspecified atom stereocenters. The molecule has 33 heavy (non-hydrogen) atoms. The number of sulfonamides is 1. The van der Waals surface area contributed by atoms with Gasteiger partial charge in [0, 0.05) is 5.56 Å². The molecule has 0 aliphatic carbocycles. The maximum atomic E-state index is 13.0. The van der Waals surface area contributed by atoms with Gasteiger partial charge in [-0.1, -0.05) is 54.2 Å². The van der Waals surface area contributed by atoms with Gasteiger partial charge in [0.25, 0.3) is 15.9 Å². The Balaban J connectivity index is 1.37. The van der Waals surface area contributed by atoms with E-state index in [1.165, 1.54) is 6.07 Å². The van der Waals surface area contributed by atoms with Crippen molar-refractivity contribution in [3.05, 3.63) is 94.9 Å². The maximum Gasteiger partial charge on any atom is 0.285 e. The molecule has 2 aliphatic rings. The Labute approximate surface area is 199 Å². The van der Waals surface area contributed by atoms with Crippen molar-refractivity contribution in [2.75, 3.05) is 0 Å². The molecule has 5 rings (SSSR count). The predicted octanol–water partition coefficient (Wildman–Crippen LogP) is 4.33. The van der Waals surface area contributed by atoms with Crippen molar-refractivity contribution in [3.8, 4) is 11.5 Å². The number of para-hydroxylation sites is 1. The molecule has 1 amide bonds. The number of benzene rings is 3. The highest BCUT2D eigenvalue weighted by Gasteiger charge is 2.36. The number of amides is 1. The molecule has 2 aliphatic heterocycles. The summed E-state index contributed by atoms with van der Waals surface area (Å²) in [6.07, 6.45) is 1.71. The fourth-order valence-electron chi connectivity index (χ4n) is 3.30. The number of thioether (sulfide) groups is 1. The van der Waals surface area contributed by atoms with E-state index >= 15 is 0 Å². The van der Waals surface area contributed by atoms with Crippen molar-refractivity contribution in [2.45, 2.75) is 4.90 Å². The zero-order valence-corrected chi connectivity index (χ0v) is 19.3. The monoisotopic (exact) mass is 493 g/mol. The molecular formula is C23H15N3O4S3. The standard InChI is InChI=1S/C23H15N3O4S3/c27-22-19(14-15-7-6-10-17(13-15)30-16-8-2-1-3-9-16)32-23(31)26(22)24-21-18-11-4-5-12-20(18)33(28,29)25-21/h1-14H,(H,24,25)/b19-14-. The number of rotatable bonds is 4. The van der Waals surface area contributed by atoms with Crippen molar-refractivity contribution in [2.24, 2.45) is 4.40 Å². The van der Waals surface area contributed by atoms with Crippen LogP contribution in [0.15, 0.2) is 93.1 Å². The first kappa shape index (κ1) is 21.4. The number of hydrazine groups is 1. The second-order valence-electron chi connectivity index (χ2n) is 7.03. The molecule has 3 aromatic carbocycles. The second-order valence-corrected chi connectivity index (χ2v) is 10.3. The van der Waals surface area contributed by atoms with Crippen LogP contribution in [0.4, 0.5) is 0 Å². The molecule has 2 heterocycles. The van der Waals surface area contributed by atoms with Crippen LogP contribution in [0.2, 0.25) is 0 Å². The molecule has 0 spiro atoms. The van der Waals surface area contributed by atoms with Crippen LogP contribution in [0.3, 0.4) is 0 Å². The van der Waals surface area contributed by atoms with Gasteiger partial charge < -0.3 is 4.74 Å². The number of thiocarbonyl (C=S) groups is 1. The van der Waals surface area contributed by atoms with E-state index in [1.807, 2.05) is 54.6 Å². The van der Waals surface area contributed by atoms with E-state index in [0.29, 0.717) is 22.0 Å². The normalized spacial score (nSPS) is 17.8. The number of carbonyl (C=O) groups is 1. The van der Waals surface area contributed by atoms with Gasteiger partial charge in [0.2, 0.25) is 0 Å². The smallest absolute Gasteiger partial charge is 0.285 e. The van der Waals surface area contributed by atoms with E-state index in [9.17, 15) is 13.2 Å². The van der Waals surface area contributed by atoms with E-state index in [2.05, 4.69) is 9.82 Å². The molecule has 3 aromatic rings. The average Bonchev–Trinajstić information content (AvgIpc) is 3.22. The number of amidine groups is 1. The predicted molar refractivity (Wildman–Crippen MR) is 131 cm³/mol. The van der Waals surface area contributed by atoms with Gasteiger partial charge in [0.15, 0.2) is 10.2 Å². The maximum absolute atomic E-state index is 13.0. The Morgan fingerprint density at radius 2 is 1.70 bits per heavy atom. The van der Waals surface area contributed by atoms with Gasteiger partial charge in [0.1, 0.15) is 16.4 Å². The molecule has 0 radical (unpaired) electrons. The zero-order valence-electron chi connectivity index (χ0n) is 16.8. The summed E-state index contributed by atoms with van der Waals surface area (Å²) in [7, 11) is -3.82. The SMILES string of the molecule is O=C1/C(=C/c2cccc(Oc3ccccc3)c2)SC(=S)N1NC1=NS(=O)(=O)c2ccccc21. The van der Waals surface area contributed by atoms with Gasteiger partial charge in [-0.2, -0.15) is 13.4 Å². The van der Waals surface area contributed by atoms with Crippen molar-refractivity contribution in [3.63, 3.8) is 0 Å². The summed E-state index contributed by atoms with van der Waals surface area (Å²) in [6.45, 7) is 0. The Morgan fingerprint density at radius 3 is 2.52 bits per heavy atom. The molecule has 0 aromatic heterocycles. The van der Waals surface area contributed by atoms with Crippen LogP contribution >= 0.6 is 24.0 Å². The quantitative estimate of drug-likeness (QED) is 0.427. The average molecular weight is 494 g/mol. The van der Waals surface area contributed by atoms with Crippen LogP contribution in [-0.2, 0) is 14.8 Å². The highest BCUT2D eigenvalue weighted by molar-refractivity contribution is 8.26. The van der Waals surface area contributed by atoms with Crippen LogP contribution in [-0.4, -0.2) is 29.5 Å². The Bertz CT molecular complexity index is 1450. The number of hydrogen-bond acceptors (Lipinski definition) is 7. The summed E-state index contributed by atoms with van der Waals surface area (Å²) in [4.78, 5) is 13.5. The number of nitrogens with zero attached hydrogens (tertiary/aromatic N) is 2. The highest BCUT2D eigenvalue weighted by atomic mass is 32.2. The van der Waals surface area contributed by atoms with Gasteiger partial charge in [0.05, 0.1) is 4.91 Å². The lowest BCUT2D eigenvalue weighted by atomic mass is 10.2. The summed E-state index contributed by atoms with van der Waals surface area (Å²) in [5, 5.41) is 1.13. The van der Waals surface area contributed by atoms with Gasteiger partial charge in [-0.25, -0.2) is 0 Å². The van der Waals surface area contributed by atoms with E-state index in [1.54, 1.807) is 24.3 Å². The van der Waals surface area contributed by atoms with E-state index in [0.717, 1.165) is 22.3 Å². The summed E-state index contributed by atoms with van der Waals surface area (Å²) >= 11 is 6.46. The first-order valence-electron chi connectivity index (χ1n) is 9.73. The second kappa shape index (κ2) is 8.47. The fraction of sp³-hybridized carbons (Fsp3) is 0. The van der Waals surface area contributed by atoms with E-state index < -0.39 is 15.9 Å². The van der Waals surface area contributed by atoms with Crippen molar-refractivity contribution in [1.82, 2.24) is 10.4 Å². The van der Waals surface area contributed by atoms with Gasteiger partial charge in [-0.3, -0.25) is 10.2 Å². The molecule has 7 nitrogen and oxygen atoms in total. The number of fused-ring (bicyclic) bond motifs is 1. The lowest BCUT2D eigenvalue weighted by Gasteiger charge is -2.16. The summed E-state index contributed by atoms with van der Waals surface area (Å²) in [5.74, 6) is 0.994. The molecular weight excluding hydrogens is 478 g/mol. The van der Waals surface area contributed by atoms with Crippen LogP contribution in [0.5, 0.6) is 11.5 Å². The third-order valence-electron chi connectivity index (χ3n) is 4.78. The minimum Gasteiger partial charge on any atom is -0.457 e. The number of hydrogen-bond donors (Lipinski definition) is 1. The topological polar surface area (TPSA) is 88.1 Å². The first-order valence-corrected chi connectivity index (χ1v) is 12.4. The summed E-state index contributed by atoms with van der Waals surface area (Å²) in [5.41, 5.74) is 3.93. The summed E-state index contributed by atoms with van der Waals surface area (Å²) < 4.78 is 34.4. The number of carbonyl (C=O) groups excluding carboxylic acids is 1. The molecule has 0 bridgehead atoms. The van der Waals surface area contributed by atoms with Crippen LogP contribution in [0.1, 0.15) is 11.1 Å². The molecule has 10 heteroatoms. The van der Waals surface area contributed by atoms with Crippen molar-refractivity contribution < 1.29 is 17.9 Å². The van der Waals surface area contributed by atoms with Crippen molar-refractivity contribution in [1.29, 1.82) is 0 Å². The van der Waals surface area contributed by atoms with Crippen LogP contribution in [0.25, 0.3) is 6.08 Å². The third-order valence-corrected chi connectivity index (χ3v) is 7.41. The Hall–Kier alpha value is -3.47. The lowest BCUT2D eigenvalue weighted by Crippen LogP contribution is -2.44. The lowest BCUT2D eigenvalue weighted by molar-refractivity contribution is -0.123. The van der Waals surface area contributed by atoms with E-state index in [-0.39, 0.29) is 15.1 Å². The molecule has 1 saturated heterocycles. The van der Waals surface area contributed by atoms with Gasteiger partial charge in [-0.15, -0.1) is 4.40 Å². The first-order chi connectivity index (χ1) is 15.9. The minimum absolute atomic E-state index is 0.0569. The van der Waals surface area contributed by atoms with Crippen LogP contribution in [0, 0.1) is 0 Å². The van der Waals surface area contributed by atoms with Gasteiger partial charge in [-0.05, 0) is 60.3 Å². The molecule has 0 atom stereocenters.